The first kappa shape index (κ1) is 24.3. The Morgan fingerprint density at radius 1 is 0.538 bits per heavy atom. The molecule has 0 atom stereocenters. The van der Waals surface area contributed by atoms with E-state index in [1.165, 1.54) is 0 Å². The van der Waals surface area contributed by atoms with Gasteiger partial charge in [0.1, 0.15) is 6.54 Å². The molecule has 2 nitrogen and oxygen atoms in total. The Balaban J connectivity index is 6.45. The molecule has 26 heavy (non-hydrogen) atoms. The van der Waals surface area contributed by atoms with E-state index in [-0.39, 0.29) is 6.08 Å². The molecule has 0 amide bonds. The monoisotopic (exact) mass is 425 g/mol. The van der Waals surface area contributed by atoms with Gasteiger partial charge in [0, 0.05) is 0 Å². The third kappa shape index (κ3) is 3.09. The molecule has 0 rings (SSSR count). The average Bonchev–Trinajstić information content (AvgIpc) is 2.42. The van der Waals surface area contributed by atoms with Crippen LogP contribution in [0.4, 0.5) is 65.9 Å². The highest BCUT2D eigenvalue weighted by atomic mass is 19.4. The SMILES string of the molecule is O=C=NCC(F)(F)C(F)(F)C(F)(F)C(F)(F)C(F)(F)C(F)(F)C(F)(F)F. The summed E-state index contributed by atoms with van der Waals surface area (Å²) >= 11 is 0. The lowest BCUT2D eigenvalue weighted by atomic mass is 9.91. The number of alkyl halides is 15. The van der Waals surface area contributed by atoms with Crippen molar-refractivity contribution < 1.29 is 70.7 Å². The van der Waals surface area contributed by atoms with Gasteiger partial charge in [-0.1, -0.05) is 0 Å². The predicted molar refractivity (Wildman–Crippen MR) is 48.7 cm³/mol. The second-order valence-electron chi connectivity index (χ2n) is 4.48. The summed E-state index contributed by atoms with van der Waals surface area (Å²) in [7, 11) is 0. The summed E-state index contributed by atoms with van der Waals surface area (Å²) in [6.07, 6.45) is -7.57. The largest absolute Gasteiger partial charge is 0.460 e. The lowest BCUT2D eigenvalue weighted by Crippen LogP contribution is -2.72. The van der Waals surface area contributed by atoms with Gasteiger partial charge in [-0.2, -0.15) is 70.8 Å². The maximum absolute atomic E-state index is 13.0. The molecule has 0 spiro atoms. The Morgan fingerprint density at radius 3 is 1.15 bits per heavy atom. The topological polar surface area (TPSA) is 29.4 Å². The van der Waals surface area contributed by atoms with E-state index in [9.17, 15) is 70.7 Å². The predicted octanol–water partition coefficient (Wildman–Crippen LogP) is 4.70. The average molecular weight is 425 g/mol. The molecule has 0 saturated heterocycles. The van der Waals surface area contributed by atoms with E-state index in [1.54, 1.807) is 4.99 Å². The molecule has 0 N–H and O–H groups in total. The van der Waals surface area contributed by atoms with Crippen LogP contribution in [-0.2, 0) is 4.79 Å². The van der Waals surface area contributed by atoms with E-state index in [4.69, 9.17) is 0 Å². The third-order valence-corrected chi connectivity index (χ3v) is 2.73. The molecule has 17 heteroatoms. The zero-order valence-corrected chi connectivity index (χ0v) is 11.2. The lowest BCUT2D eigenvalue weighted by molar-refractivity contribution is -0.451. The van der Waals surface area contributed by atoms with Gasteiger partial charge in [0.05, 0.1) is 0 Å². The molecule has 0 aromatic carbocycles. The van der Waals surface area contributed by atoms with Crippen molar-refractivity contribution in [1.29, 1.82) is 0 Å². The third-order valence-electron chi connectivity index (χ3n) is 2.73. The van der Waals surface area contributed by atoms with E-state index < -0.39 is 48.3 Å². The second-order valence-corrected chi connectivity index (χ2v) is 4.48. The summed E-state index contributed by atoms with van der Waals surface area (Å²) in [4.78, 5) is 11.1. The van der Waals surface area contributed by atoms with E-state index >= 15 is 0 Å². The van der Waals surface area contributed by atoms with Crippen LogP contribution in [0.5, 0.6) is 0 Å². The second kappa shape index (κ2) is 6.20. The van der Waals surface area contributed by atoms with Crippen molar-refractivity contribution in [2.75, 3.05) is 6.54 Å². The smallest absolute Gasteiger partial charge is 0.211 e. The summed E-state index contributed by atoms with van der Waals surface area (Å²) in [5.41, 5.74) is 0. The number of isocyanates is 1. The van der Waals surface area contributed by atoms with Gasteiger partial charge in [0.2, 0.25) is 6.08 Å². The van der Waals surface area contributed by atoms with Gasteiger partial charge >= 0.3 is 41.7 Å². The molecular weight excluding hydrogens is 423 g/mol. The number of carbonyl (C=O) groups excluding carboxylic acids is 1. The van der Waals surface area contributed by atoms with Crippen molar-refractivity contribution in [3.63, 3.8) is 0 Å². The fourth-order valence-corrected chi connectivity index (χ4v) is 1.23. The van der Waals surface area contributed by atoms with Crippen LogP contribution in [0.1, 0.15) is 0 Å². The Bertz CT molecular complexity index is 570. The van der Waals surface area contributed by atoms with Crippen molar-refractivity contribution in [3.8, 4) is 0 Å². The first-order valence-electron chi connectivity index (χ1n) is 5.43. The van der Waals surface area contributed by atoms with Crippen LogP contribution < -0.4 is 0 Å². The molecule has 0 aliphatic carbocycles. The number of hydrogen-bond donors (Lipinski definition) is 0. The first-order valence-corrected chi connectivity index (χ1v) is 5.43. The fraction of sp³-hybridized carbons (Fsp3) is 0.889. The minimum absolute atomic E-state index is 0.0728. The standard InChI is InChI=1S/C9H2F15NO/c10-3(11,1-25-2-26)4(12,13)5(14,15)6(16,17)7(18,19)8(20,21)9(22,23)24/h1H2. The fourth-order valence-electron chi connectivity index (χ4n) is 1.23. The minimum Gasteiger partial charge on any atom is -0.211 e. The van der Waals surface area contributed by atoms with Crippen LogP contribution >= 0.6 is 0 Å². The van der Waals surface area contributed by atoms with Gasteiger partial charge in [-0.05, 0) is 0 Å². The van der Waals surface area contributed by atoms with Crippen molar-refractivity contribution in [1.82, 2.24) is 0 Å². The number of nitrogens with zero attached hydrogens (tertiary/aromatic N) is 1. The molecule has 0 aromatic rings. The highest BCUT2D eigenvalue weighted by molar-refractivity contribution is 5.33. The van der Waals surface area contributed by atoms with E-state index in [0.29, 0.717) is 0 Å². The Hall–Kier alpha value is -1.67. The zero-order chi connectivity index (χ0) is 21.6. The molecule has 0 aromatic heterocycles. The molecule has 0 unspecified atom stereocenters. The van der Waals surface area contributed by atoms with Crippen LogP contribution in [0, 0.1) is 0 Å². The number of aliphatic imine (C=N–C) groups is 1. The van der Waals surface area contributed by atoms with Crippen molar-refractivity contribution >= 4 is 6.08 Å². The first-order chi connectivity index (χ1) is 11.1. The summed E-state index contributed by atoms with van der Waals surface area (Å²) in [6, 6.07) is 0. The van der Waals surface area contributed by atoms with E-state index in [1.807, 2.05) is 0 Å². The van der Waals surface area contributed by atoms with Gasteiger partial charge in [-0.25, -0.2) is 4.79 Å². The Kier molecular flexibility index (Phi) is 5.80. The number of rotatable bonds is 7. The van der Waals surface area contributed by atoms with Gasteiger partial charge in [-0.15, -0.1) is 0 Å². The van der Waals surface area contributed by atoms with Crippen molar-refractivity contribution in [2.45, 2.75) is 41.7 Å². The number of hydrogen-bond acceptors (Lipinski definition) is 2. The molecule has 0 radical (unpaired) electrons. The highest BCUT2D eigenvalue weighted by Gasteiger charge is 2.93. The minimum atomic E-state index is -8.34. The zero-order valence-electron chi connectivity index (χ0n) is 11.2. The van der Waals surface area contributed by atoms with Crippen molar-refractivity contribution in [3.05, 3.63) is 0 Å². The summed E-state index contributed by atoms with van der Waals surface area (Å²) < 4.78 is 189. The maximum Gasteiger partial charge on any atom is 0.460 e. The molecule has 0 heterocycles. The Morgan fingerprint density at radius 2 is 0.846 bits per heavy atom. The molecule has 0 aliphatic heterocycles. The number of halogens is 15. The van der Waals surface area contributed by atoms with Crippen LogP contribution in [0.25, 0.3) is 0 Å². The van der Waals surface area contributed by atoms with Crippen LogP contribution in [0.15, 0.2) is 4.99 Å². The summed E-state index contributed by atoms with van der Waals surface area (Å²) in [5.74, 6) is -47.0. The molecule has 0 fully saturated rings. The van der Waals surface area contributed by atoms with Crippen LogP contribution in [0.2, 0.25) is 0 Å². The highest BCUT2D eigenvalue weighted by Crippen LogP contribution is 2.62. The maximum atomic E-state index is 13.0. The van der Waals surface area contributed by atoms with E-state index in [0.717, 1.165) is 0 Å². The molecule has 0 saturated carbocycles. The lowest BCUT2D eigenvalue weighted by Gasteiger charge is -2.41. The van der Waals surface area contributed by atoms with Crippen LogP contribution in [0.3, 0.4) is 0 Å². The van der Waals surface area contributed by atoms with Gasteiger partial charge in [-0.3, -0.25) is 0 Å². The Labute approximate surface area is 131 Å². The van der Waals surface area contributed by atoms with E-state index in [2.05, 4.69) is 0 Å². The van der Waals surface area contributed by atoms with Gasteiger partial charge in [0.15, 0.2) is 0 Å². The summed E-state index contributed by atoms with van der Waals surface area (Å²) in [5, 5.41) is 0. The molecule has 154 valence electrons. The molecule has 0 aliphatic rings. The summed E-state index contributed by atoms with van der Waals surface area (Å²) in [6.45, 7) is -3.05. The normalized spacial score (nSPS) is 15.7. The van der Waals surface area contributed by atoms with Crippen molar-refractivity contribution in [2.24, 2.45) is 4.99 Å². The van der Waals surface area contributed by atoms with Crippen LogP contribution in [-0.4, -0.2) is 54.3 Å². The van der Waals surface area contributed by atoms with Gasteiger partial charge in [0.25, 0.3) is 0 Å². The molecular formula is C9H2F15NO. The van der Waals surface area contributed by atoms with Gasteiger partial charge < -0.3 is 0 Å². The quantitative estimate of drug-likeness (QED) is 0.331. The molecule has 0 bridgehead atoms.